The van der Waals surface area contributed by atoms with Crippen LogP contribution in [0.2, 0.25) is 0 Å². The fraction of sp³-hybridized carbons (Fsp3) is 0.500. The summed E-state index contributed by atoms with van der Waals surface area (Å²) in [4.78, 5) is 1.05. The Bertz CT molecular complexity index is 432. The van der Waals surface area contributed by atoms with Crippen LogP contribution in [0, 0.1) is 17.2 Å². The molecule has 1 unspecified atom stereocenters. The van der Waals surface area contributed by atoms with Gasteiger partial charge in [-0.15, -0.1) is 11.8 Å². The molecule has 1 aromatic rings. The van der Waals surface area contributed by atoms with Crippen LogP contribution < -0.4 is 5.32 Å². The van der Waals surface area contributed by atoms with Crippen LogP contribution in [0.5, 0.6) is 0 Å². The summed E-state index contributed by atoms with van der Waals surface area (Å²) in [7, 11) is 0. The van der Waals surface area contributed by atoms with E-state index in [0.717, 1.165) is 22.1 Å². The van der Waals surface area contributed by atoms with Gasteiger partial charge in [0.2, 0.25) is 0 Å². The molecule has 0 aliphatic heterocycles. The maximum absolute atomic E-state index is 9.23. The topological polar surface area (TPSA) is 35.8 Å². The molecule has 1 N–H and O–H groups in total. The Morgan fingerprint density at radius 3 is 2.88 bits per heavy atom. The third kappa shape index (κ3) is 3.17. The van der Waals surface area contributed by atoms with Crippen LogP contribution in [0.15, 0.2) is 23.1 Å². The number of anilines is 1. The van der Waals surface area contributed by atoms with Gasteiger partial charge in [0.1, 0.15) is 6.07 Å². The molecule has 2 rings (SSSR count). The Morgan fingerprint density at radius 2 is 2.29 bits per heavy atom. The molecule has 0 amide bonds. The molecule has 2 nitrogen and oxygen atoms in total. The summed E-state index contributed by atoms with van der Waals surface area (Å²) in [6, 6.07) is 8.77. The lowest BCUT2D eigenvalue weighted by molar-refractivity contribution is 0.642. The Morgan fingerprint density at radius 1 is 1.53 bits per heavy atom. The molecule has 0 aromatic heterocycles. The van der Waals surface area contributed by atoms with E-state index in [1.807, 2.05) is 24.5 Å². The zero-order chi connectivity index (χ0) is 12.3. The highest BCUT2D eigenvalue weighted by molar-refractivity contribution is 7.98. The molecular formula is C14H18N2S. The summed E-state index contributed by atoms with van der Waals surface area (Å²) in [6.45, 7) is 2.20. The van der Waals surface area contributed by atoms with Crippen molar-refractivity contribution in [2.24, 2.45) is 5.92 Å². The third-order valence-corrected chi connectivity index (χ3v) is 3.92. The summed E-state index contributed by atoms with van der Waals surface area (Å²) in [5.41, 5.74) is 1.76. The number of hydrogen-bond acceptors (Lipinski definition) is 3. The van der Waals surface area contributed by atoms with Gasteiger partial charge in [0, 0.05) is 10.9 Å². The lowest BCUT2D eigenvalue weighted by atomic mass is 10.1. The summed E-state index contributed by atoms with van der Waals surface area (Å²) in [5, 5.41) is 12.7. The Balaban J connectivity index is 2.11. The van der Waals surface area contributed by atoms with Crippen LogP contribution in [-0.2, 0) is 0 Å². The molecule has 0 saturated heterocycles. The van der Waals surface area contributed by atoms with E-state index in [2.05, 4.69) is 18.3 Å². The Hall–Kier alpha value is -1.14. The Labute approximate surface area is 107 Å². The molecule has 1 aliphatic carbocycles. The predicted octanol–water partition coefficient (Wildman–Crippen LogP) is 3.88. The van der Waals surface area contributed by atoms with Gasteiger partial charge in [-0.1, -0.05) is 18.9 Å². The normalized spacial score (nSPS) is 16.3. The Kier molecular flexibility index (Phi) is 3.96. The predicted molar refractivity (Wildman–Crippen MR) is 73.4 cm³/mol. The van der Waals surface area contributed by atoms with Crippen molar-refractivity contribution >= 4 is 17.4 Å². The monoisotopic (exact) mass is 246 g/mol. The van der Waals surface area contributed by atoms with E-state index in [-0.39, 0.29) is 0 Å². The van der Waals surface area contributed by atoms with E-state index >= 15 is 0 Å². The number of nitrogens with zero attached hydrogens (tertiary/aromatic N) is 1. The van der Waals surface area contributed by atoms with Gasteiger partial charge in [0.15, 0.2) is 0 Å². The molecule has 1 saturated carbocycles. The van der Waals surface area contributed by atoms with Crippen molar-refractivity contribution in [2.45, 2.75) is 37.1 Å². The highest BCUT2D eigenvalue weighted by Gasteiger charge is 2.23. The lowest BCUT2D eigenvalue weighted by Crippen LogP contribution is -2.16. The first kappa shape index (κ1) is 12.3. The van der Waals surface area contributed by atoms with Crippen LogP contribution in [0.3, 0.4) is 0 Å². The molecule has 17 heavy (non-hydrogen) atoms. The van der Waals surface area contributed by atoms with Gasteiger partial charge in [-0.3, -0.25) is 0 Å². The molecule has 1 aliphatic rings. The number of nitrogens with one attached hydrogen (secondary N) is 1. The standard InChI is InChI=1S/C14H18N2S/c1-10(8-11-6-7-11)16-13-4-3-5-14(17-2)12(13)9-15/h3-5,10-11,16H,6-8H2,1-2H3. The van der Waals surface area contributed by atoms with Gasteiger partial charge in [0.05, 0.1) is 11.3 Å². The molecule has 0 heterocycles. The minimum atomic E-state index is 0.451. The van der Waals surface area contributed by atoms with Crippen LogP contribution in [0.1, 0.15) is 31.7 Å². The van der Waals surface area contributed by atoms with E-state index in [0.29, 0.717) is 6.04 Å². The second-order valence-electron chi connectivity index (χ2n) is 4.72. The summed E-state index contributed by atoms with van der Waals surface area (Å²) in [6.07, 6.45) is 5.98. The van der Waals surface area contributed by atoms with Crippen molar-refractivity contribution in [1.29, 1.82) is 5.26 Å². The van der Waals surface area contributed by atoms with Gasteiger partial charge < -0.3 is 5.32 Å². The molecule has 0 radical (unpaired) electrons. The van der Waals surface area contributed by atoms with Crippen molar-refractivity contribution in [3.8, 4) is 6.07 Å². The van der Waals surface area contributed by atoms with Gasteiger partial charge >= 0.3 is 0 Å². The van der Waals surface area contributed by atoms with Crippen LogP contribution >= 0.6 is 11.8 Å². The maximum atomic E-state index is 9.23. The third-order valence-electron chi connectivity index (χ3n) is 3.14. The molecule has 1 fully saturated rings. The van der Waals surface area contributed by atoms with Gasteiger partial charge in [-0.25, -0.2) is 0 Å². The first-order valence-corrected chi connectivity index (χ1v) is 7.30. The van der Waals surface area contributed by atoms with Crippen molar-refractivity contribution in [3.05, 3.63) is 23.8 Å². The zero-order valence-corrected chi connectivity index (χ0v) is 11.2. The van der Waals surface area contributed by atoms with Crippen LogP contribution in [0.25, 0.3) is 0 Å². The van der Waals surface area contributed by atoms with E-state index in [1.165, 1.54) is 19.3 Å². The SMILES string of the molecule is CSc1cccc(NC(C)CC2CC2)c1C#N. The van der Waals surface area contributed by atoms with Crippen molar-refractivity contribution in [1.82, 2.24) is 0 Å². The largest absolute Gasteiger partial charge is 0.381 e. The highest BCUT2D eigenvalue weighted by atomic mass is 32.2. The fourth-order valence-electron chi connectivity index (χ4n) is 2.11. The molecule has 3 heteroatoms. The second kappa shape index (κ2) is 5.46. The fourth-order valence-corrected chi connectivity index (χ4v) is 2.69. The molecule has 1 aromatic carbocycles. The second-order valence-corrected chi connectivity index (χ2v) is 5.57. The van der Waals surface area contributed by atoms with Gasteiger partial charge in [0.25, 0.3) is 0 Å². The summed E-state index contributed by atoms with van der Waals surface area (Å²) < 4.78 is 0. The number of rotatable bonds is 5. The molecular weight excluding hydrogens is 228 g/mol. The lowest BCUT2D eigenvalue weighted by Gasteiger charge is -2.16. The number of benzene rings is 1. The van der Waals surface area contributed by atoms with Crippen molar-refractivity contribution in [2.75, 3.05) is 11.6 Å². The summed E-state index contributed by atoms with van der Waals surface area (Å²) in [5.74, 6) is 0.909. The average Bonchev–Trinajstić information content (AvgIpc) is 3.12. The van der Waals surface area contributed by atoms with Crippen LogP contribution in [-0.4, -0.2) is 12.3 Å². The van der Waals surface area contributed by atoms with Crippen LogP contribution in [0.4, 0.5) is 5.69 Å². The first-order valence-electron chi connectivity index (χ1n) is 6.08. The first-order chi connectivity index (χ1) is 8.24. The van der Waals surface area contributed by atoms with Crippen molar-refractivity contribution < 1.29 is 0 Å². The molecule has 0 bridgehead atoms. The number of thioether (sulfide) groups is 1. The minimum Gasteiger partial charge on any atom is -0.381 e. The van der Waals surface area contributed by atoms with E-state index < -0.39 is 0 Å². The highest BCUT2D eigenvalue weighted by Crippen LogP contribution is 2.34. The van der Waals surface area contributed by atoms with Gasteiger partial charge in [-0.05, 0) is 37.7 Å². The zero-order valence-electron chi connectivity index (χ0n) is 10.4. The van der Waals surface area contributed by atoms with Gasteiger partial charge in [-0.2, -0.15) is 5.26 Å². The molecule has 0 spiro atoms. The van der Waals surface area contributed by atoms with E-state index in [1.54, 1.807) is 11.8 Å². The molecule has 1 atom stereocenters. The molecule has 90 valence electrons. The summed E-state index contributed by atoms with van der Waals surface area (Å²) >= 11 is 1.62. The van der Waals surface area contributed by atoms with Crippen molar-refractivity contribution in [3.63, 3.8) is 0 Å². The van der Waals surface area contributed by atoms with E-state index in [9.17, 15) is 5.26 Å². The van der Waals surface area contributed by atoms with E-state index in [4.69, 9.17) is 0 Å². The smallest absolute Gasteiger partial charge is 0.102 e. The quantitative estimate of drug-likeness (QED) is 0.801. The minimum absolute atomic E-state index is 0.451. The maximum Gasteiger partial charge on any atom is 0.102 e. The average molecular weight is 246 g/mol. The number of nitriles is 1. The number of hydrogen-bond donors (Lipinski definition) is 1.